The van der Waals surface area contributed by atoms with Crippen LogP contribution in [0.5, 0.6) is 5.75 Å². The lowest BCUT2D eigenvalue weighted by Crippen LogP contribution is -2.57. The minimum absolute atomic E-state index is 0.0153. The van der Waals surface area contributed by atoms with E-state index in [1.54, 1.807) is 12.1 Å². The quantitative estimate of drug-likeness (QED) is 0.265. The molecule has 2 amide bonds. The fourth-order valence-corrected chi connectivity index (χ4v) is 6.85. The van der Waals surface area contributed by atoms with Crippen molar-refractivity contribution in [2.45, 2.75) is 70.0 Å². The van der Waals surface area contributed by atoms with Gasteiger partial charge >= 0.3 is 0 Å². The molecular formula is C32H48N4O6S. The Kier molecular flexibility index (Phi) is 13.0. The van der Waals surface area contributed by atoms with Gasteiger partial charge in [-0.15, -0.1) is 0 Å². The summed E-state index contributed by atoms with van der Waals surface area (Å²) >= 11 is 0. The number of aliphatic hydroxyl groups is 1. The second kappa shape index (κ2) is 16.2. The van der Waals surface area contributed by atoms with Gasteiger partial charge < -0.3 is 20.5 Å². The van der Waals surface area contributed by atoms with Crippen molar-refractivity contribution in [2.75, 3.05) is 39.8 Å². The Labute approximate surface area is 256 Å². The van der Waals surface area contributed by atoms with Crippen molar-refractivity contribution in [1.82, 2.24) is 19.8 Å². The number of nitrogens with one attached hydrogen (secondary N) is 2. The van der Waals surface area contributed by atoms with E-state index in [1.807, 2.05) is 58.0 Å². The third-order valence-electron chi connectivity index (χ3n) is 7.58. The van der Waals surface area contributed by atoms with Gasteiger partial charge in [0.15, 0.2) is 0 Å². The van der Waals surface area contributed by atoms with E-state index in [-0.39, 0.29) is 48.7 Å². The van der Waals surface area contributed by atoms with Crippen LogP contribution in [-0.2, 0) is 26.0 Å². The number of rotatable bonds is 16. The van der Waals surface area contributed by atoms with Crippen molar-refractivity contribution in [3.63, 3.8) is 0 Å². The minimum Gasteiger partial charge on any atom is -0.497 e. The molecule has 0 bridgehead atoms. The van der Waals surface area contributed by atoms with E-state index < -0.39 is 34.1 Å². The molecule has 1 saturated heterocycles. The van der Waals surface area contributed by atoms with Gasteiger partial charge in [-0.25, -0.2) is 8.42 Å². The summed E-state index contributed by atoms with van der Waals surface area (Å²) in [6, 6.07) is 13.9. The van der Waals surface area contributed by atoms with Crippen molar-refractivity contribution in [1.29, 1.82) is 0 Å². The largest absolute Gasteiger partial charge is 0.497 e. The predicted molar refractivity (Wildman–Crippen MR) is 167 cm³/mol. The average molecular weight is 617 g/mol. The minimum atomic E-state index is -3.96. The van der Waals surface area contributed by atoms with E-state index in [2.05, 4.69) is 15.5 Å². The highest BCUT2D eigenvalue weighted by Crippen LogP contribution is 2.22. The molecule has 2 aromatic carbocycles. The Morgan fingerprint density at radius 2 is 1.58 bits per heavy atom. The Morgan fingerprint density at radius 1 is 0.953 bits per heavy atom. The summed E-state index contributed by atoms with van der Waals surface area (Å²) in [4.78, 5) is 28.6. The average Bonchev–Trinajstić information content (AvgIpc) is 3.48. The van der Waals surface area contributed by atoms with Crippen molar-refractivity contribution in [3.05, 3.63) is 60.2 Å². The Hall–Kier alpha value is -2.99. The van der Waals surface area contributed by atoms with Crippen molar-refractivity contribution in [3.8, 4) is 5.75 Å². The lowest BCUT2D eigenvalue weighted by Gasteiger charge is -2.32. The maximum Gasteiger partial charge on any atom is 0.243 e. The maximum atomic E-state index is 13.7. The Bertz CT molecular complexity index is 1260. The number of sulfonamides is 1. The fraction of sp³-hybridized carbons (Fsp3) is 0.562. The van der Waals surface area contributed by atoms with Crippen LogP contribution in [0.4, 0.5) is 0 Å². The molecule has 1 fully saturated rings. The first-order valence-electron chi connectivity index (χ1n) is 15.1. The van der Waals surface area contributed by atoms with Gasteiger partial charge in [-0.3, -0.25) is 14.5 Å². The summed E-state index contributed by atoms with van der Waals surface area (Å²) in [5.74, 6) is -0.321. The standard InChI is InChI=1S/C32H48N4O6S/c1-23(2)20-36(43(40,41)27-15-13-26(42-5)14-16-27)21-29(37)28(19-25-11-7-6-8-12-25)33-32(39)31(24(3)4)34-30(38)22-35-17-9-10-18-35/h6-8,11-16,23-24,28-29,31,37H,9-10,17-22H2,1-5H3,(H,33,39)(H,34,38). The van der Waals surface area contributed by atoms with Crippen LogP contribution in [0.1, 0.15) is 46.1 Å². The van der Waals surface area contributed by atoms with Crippen molar-refractivity contribution < 1.29 is 27.9 Å². The molecule has 1 aliphatic heterocycles. The summed E-state index contributed by atoms with van der Waals surface area (Å²) in [6.07, 6.45) is 1.16. The number of carbonyl (C=O) groups is 2. The molecule has 0 aliphatic carbocycles. The predicted octanol–water partition coefficient (Wildman–Crippen LogP) is 2.67. The highest BCUT2D eigenvalue weighted by molar-refractivity contribution is 7.89. The topological polar surface area (TPSA) is 128 Å². The monoisotopic (exact) mass is 616 g/mol. The van der Waals surface area contributed by atoms with E-state index in [9.17, 15) is 23.1 Å². The lowest BCUT2D eigenvalue weighted by molar-refractivity contribution is -0.131. The Balaban J connectivity index is 1.82. The summed E-state index contributed by atoms with van der Waals surface area (Å²) in [5.41, 5.74) is 0.874. The third-order valence-corrected chi connectivity index (χ3v) is 9.42. The first kappa shape index (κ1) is 34.5. The maximum absolute atomic E-state index is 13.7. The number of carbonyl (C=O) groups excluding carboxylic acids is 2. The van der Waals surface area contributed by atoms with Gasteiger partial charge in [-0.05, 0) is 74.0 Å². The van der Waals surface area contributed by atoms with Crippen LogP contribution in [-0.4, -0.2) is 92.6 Å². The van der Waals surface area contributed by atoms with E-state index in [0.717, 1.165) is 31.5 Å². The normalized spacial score (nSPS) is 16.3. The molecule has 2 aromatic rings. The summed E-state index contributed by atoms with van der Waals surface area (Å²) in [6.45, 7) is 9.45. The van der Waals surface area contributed by atoms with Gasteiger partial charge in [0.25, 0.3) is 0 Å². The van der Waals surface area contributed by atoms with Gasteiger partial charge in [-0.2, -0.15) is 4.31 Å². The number of aliphatic hydroxyl groups excluding tert-OH is 1. The lowest BCUT2D eigenvalue weighted by atomic mass is 9.98. The van der Waals surface area contributed by atoms with Crippen LogP contribution >= 0.6 is 0 Å². The van der Waals surface area contributed by atoms with Crippen LogP contribution in [0.2, 0.25) is 0 Å². The van der Waals surface area contributed by atoms with Crippen LogP contribution in [0.15, 0.2) is 59.5 Å². The number of ether oxygens (including phenoxy) is 1. The van der Waals surface area contributed by atoms with E-state index in [0.29, 0.717) is 5.75 Å². The highest BCUT2D eigenvalue weighted by atomic mass is 32.2. The number of benzene rings is 2. The summed E-state index contributed by atoms with van der Waals surface area (Å²) < 4.78 is 33.8. The second-order valence-electron chi connectivity index (χ2n) is 12.0. The van der Waals surface area contributed by atoms with Crippen molar-refractivity contribution >= 4 is 21.8 Å². The number of hydrogen-bond acceptors (Lipinski definition) is 7. The summed E-state index contributed by atoms with van der Waals surface area (Å²) in [7, 11) is -2.46. The molecule has 1 heterocycles. The van der Waals surface area contributed by atoms with E-state index in [4.69, 9.17) is 4.74 Å². The number of likely N-dealkylation sites (tertiary alicyclic amines) is 1. The van der Waals surface area contributed by atoms with Crippen LogP contribution in [0.3, 0.4) is 0 Å². The molecule has 238 valence electrons. The molecule has 11 heteroatoms. The molecule has 3 rings (SSSR count). The Morgan fingerprint density at radius 3 is 2.14 bits per heavy atom. The van der Waals surface area contributed by atoms with Gasteiger partial charge in [0.2, 0.25) is 21.8 Å². The molecule has 0 saturated carbocycles. The van der Waals surface area contributed by atoms with Crippen LogP contribution in [0.25, 0.3) is 0 Å². The fourth-order valence-electron chi connectivity index (χ4n) is 5.23. The summed E-state index contributed by atoms with van der Waals surface area (Å²) in [5, 5.41) is 17.4. The molecule has 3 atom stereocenters. The third kappa shape index (κ3) is 10.3. The zero-order valence-corrected chi connectivity index (χ0v) is 26.8. The number of amides is 2. The van der Waals surface area contributed by atoms with Gasteiger partial charge in [0.1, 0.15) is 11.8 Å². The van der Waals surface area contributed by atoms with E-state index >= 15 is 0 Å². The molecule has 0 spiro atoms. The molecule has 10 nitrogen and oxygen atoms in total. The number of hydrogen-bond donors (Lipinski definition) is 3. The molecule has 0 aromatic heterocycles. The number of nitrogens with zero attached hydrogens (tertiary/aromatic N) is 2. The molecule has 43 heavy (non-hydrogen) atoms. The van der Waals surface area contributed by atoms with Crippen LogP contribution < -0.4 is 15.4 Å². The van der Waals surface area contributed by atoms with Gasteiger partial charge in [0.05, 0.1) is 30.7 Å². The van der Waals surface area contributed by atoms with Gasteiger partial charge in [-0.1, -0.05) is 58.0 Å². The first-order chi connectivity index (χ1) is 20.4. The van der Waals surface area contributed by atoms with Gasteiger partial charge in [0, 0.05) is 13.1 Å². The molecular weight excluding hydrogens is 568 g/mol. The molecule has 0 radical (unpaired) electrons. The highest BCUT2D eigenvalue weighted by Gasteiger charge is 2.33. The molecule has 1 aliphatic rings. The molecule has 3 unspecified atom stereocenters. The number of methoxy groups -OCH3 is 1. The smallest absolute Gasteiger partial charge is 0.243 e. The van der Waals surface area contributed by atoms with Crippen LogP contribution in [0, 0.1) is 11.8 Å². The SMILES string of the molecule is COc1ccc(S(=O)(=O)N(CC(C)C)CC(O)C(Cc2ccccc2)NC(=O)C(NC(=O)CN2CCCC2)C(C)C)cc1. The van der Waals surface area contributed by atoms with Crippen molar-refractivity contribution in [2.24, 2.45) is 11.8 Å². The molecule has 3 N–H and O–H groups in total. The van der Waals surface area contributed by atoms with E-state index in [1.165, 1.54) is 23.5 Å². The zero-order chi connectivity index (χ0) is 31.6. The second-order valence-corrected chi connectivity index (χ2v) is 14.0. The first-order valence-corrected chi connectivity index (χ1v) is 16.5. The zero-order valence-electron chi connectivity index (χ0n) is 26.0.